The summed E-state index contributed by atoms with van der Waals surface area (Å²) in [6.07, 6.45) is -1.55. The van der Waals surface area contributed by atoms with Crippen molar-refractivity contribution < 1.29 is 41.0 Å². The van der Waals surface area contributed by atoms with Gasteiger partial charge >= 0.3 is 12.3 Å². The molecule has 0 aromatic heterocycles. The van der Waals surface area contributed by atoms with E-state index >= 15 is 0 Å². The second-order valence-corrected chi connectivity index (χ2v) is 10.8. The molecule has 13 heteroatoms. The first-order chi connectivity index (χ1) is 16.3. The molecule has 9 nitrogen and oxygen atoms in total. The number of carbonyl (C=O) groups excluding carboxylic acids is 1. The zero-order valence-corrected chi connectivity index (χ0v) is 20.3. The fourth-order valence-corrected chi connectivity index (χ4v) is 5.31. The molecule has 35 heavy (non-hydrogen) atoms. The lowest BCUT2D eigenvalue weighted by Crippen LogP contribution is -2.52. The largest absolute Gasteiger partial charge is 0.493 e. The lowest BCUT2D eigenvalue weighted by atomic mass is 9.85. The van der Waals surface area contributed by atoms with E-state index in [0.29, 0.717) is 38.0 Å². The molecule has 0 bridgehead atoms. The third-order valence-electron chi connectivity index (χ3n) is 6.57. The zero-order chi connectivity index (χ0) is 25.9. The SMILES string of the molecule is CS(=O)(=O)NC(=O)CCCOc1cc(C(F)(F)F)ccc1CN1CCCC12CCN(C(=O)O)CC2. The van der Waals surface area contributed by atoms with Gasteiger partial charge in [-0.15, -0.1) is 0 Å². The molecule has 2 aliphatic heterocycles. The number of amides is 2. The standard InChI is InChI=1S/C22H30F3N3O6S/c1-35(32,33)26-19(29)4-2-13-34-18-14-17(22(23,24)25)6-5-16(18)15-28-10-3-7-21(28)8-11-27(12-9-21)20(30)31/h5-6,14H,2-4,7-13,15H2,1H3,(H,26,29)(H,30,31). The molecule has 0 saturated carbocycles. The summed E-state index contributed by atoms with van der Waals surface area (Å²) in [7, 11) is -3.68. The van der Waals surface area contributed by atoms with Crippen molar-refractivity contribution in [2.45, 2.75) is 56.8 Å². The summed E-state index contributed by atoms with van der Waals surface area (Å²) < 4.78 is 69.6. The van der Waals surface area contributed by atoms with Gasteiger partial charge in [0, 0.05) is 37.2 Å². The Morgan fingerprint density at radius 3 is 2.46 bits per heavy atom. The van der Waals surface area contributed by atoms with Crippen molar-refractivity contribution in [2.24, 2.45) is 0 Å². The maximum absolute atomic E-state index is 13.3. The first kappa shape index (κ1) is 27.1. The lowest BCUT2D eigenvalue weighted by molar-refractivity contribution is -0.137. The summed E-state index contributed by atoms with van der Waals surface area (Å²) in [5.41, 5.74) is -0.479. The van der Waals surface area contributed by atoms with Gasteiger partial charge in [0.05, 0.1) is 18.4 Å². The molecule has 2 aliphatic rings. The number of rotatable bonds is 8. The number of nitrogens with zero attached hydrogens (tertiary/aromatic N) is 2. The van der Waals surface area contributed by atoms with Gasteiger partial charge in [-0.2, -0.15) is 13.2 Å². The number of piperidine rings is 1. The Morgan fingerprint density at radius 1 is 1.17 bits per heavy atom. The van der Waals surface area contributed by atoms with E-state index in [1.807, 2.05) is 4.72 Å². The molecule has 2 heterocycles. The second-order valence-electron chi connectivity index (χ2n) is 9.09. The summed E-state index contributed by atoms with van der Waals surface area (Å²) >= 11 is 0. The van der Waals surface area contributed by atoms with Crippen LogP contribution in [0.25, 0.3) is 0 Å². The van der Waals surface area contributed by atoms with Gasteiger partial charge in [0.2, 0.25) is 15.9 Å². The van der Waals surface area contributed by atoms with E-state index < -0.39 is 33.8 Å². The van der Waals surface area contributed by atoms with E-state index in [4.69, 9.17) is 4.74 Å². The highest BCUT2D eigenvalue weighted by molar-refractivity contribution is 7.89. The Morgan fingerprint density at radius 2 is 1.86 bits per heavy atom. The molecular formula is C22H30F3N3O6S. The summed E-state index contributed by atoms with van der Waals surface area (Å²) in [5, 5.41) is 9.24. The fourth-order valence-electron chi connectivity index (χ4n) is 4.80. The monoisotopic (exact) mass is 521 g/mol. The second kappa shape index (κ2) is 10.6. The number of benzene rings is 1. The molecule has 2 amide bonds. The van der Waals surface area contributed by atoms with Gasteiger partial charge in [-0.1, -0.05) is 6.07 Å². The number of halogens is 3. The van der Waals surface area contributed by atoms with Crippen LogP contribution in [-0.4, -0.2) is 73.4 Å². The van der Waals surface area contributed by atoms with Crippen molar-refractivity contribution in [1.29, 1.82) is 0 Å². The molecular weight excluding hydrogens is 491 g/mol. The topological polar surface area (TPSA) is 116 Å². The normalized spacial score (nSPS) is 18.6. The number of hydrogen-bond donors (Lipinski definition) is 2. The molecule has 0 atom stereocenters. The first-order valence-corrected chi connectivity index (χ1v) is 13.2. The van der Waals surface area contributed by atoms with E-state index in [0.717, 1.165) is 37.8 Å². The minimum absolute atomic E-state index is 0.0633. The van der Waals surface area contributed by atoms with Gasteiger partial charge in [0.25, 0.3) is 0 Å². The third kappa shape index (κ3) is 7.23. The highest BCUT2D eigenvalue weighted by Gasteiger charge is 2.44. The van der Waals surface area contributed by atoms with Crippen LogP contribution in [0.5, 0.6) is 5.75 Å². The summed E-state index contributed by atoms with van der Waals surface area (Å²) in [5.74, 6) is -0.652. The van der Waals surface area contributed by atoms with Crippen molar-refractivity contribution in [3.05, 3.63) is 29.3 Å². The molecule has 0 unspecified atom stereocenters. The fraction of sp³-hybridized carbons (Fsp3) is 0.636. The molecule has 0 radical (unpaired) electrons. The number of likely N-dealkylation sites (tertiary alicyclic amines) is 2. The number of carbonyl (C=O) groups is 2. The zero-order valence-electron chi connectivity index (χ0n) is 19.4. The predicted molar refractivity (Wildman–Crippen MR) is 120 cm³/mol. The summed E-state index contributed by atoms with van der Waals surface area (Å²) in [6.45, 7) is 1.87. The quantitative estimate of drug-likeness (QED) is 0.505. The lowest BCUT2D eigenvalue weighted by Gasteiger charge is -2.44. The Balaban J connectivity index is 1.70. The number of ether oxygens (including phenoxy) is 1. The van der Waals surface area contributed by atoms with E-state index in [1.54, 1.807) is 0 Å². The van der Waals surface area contributed by atoms with Gasteiger partial charge in [0.1, 0.15) is 5.75 Å². The van der Waals surface area contributed by atoms with Crippen molar-refractivity contribution in [1.82, 2.24) is 14.5 Å². The highest BCUT2D eigenvalue weighted by Crippen LogP contribution is 2.41. The molecule has 3 rings (SSSR count). The first-order valence-electron chi connectivity index (χ1n) is 11.4. The van der Waals surface area contributed by atoms with Crippen molar-refractivity contribution in [3.63, 3.8) is 0 Å². The van der Waals surface area contributed by atoms with Crippen LogP contribution >= 0.6 is 0 Å². The number of sulfonamides is 1. The van der Waals surface area contributed by atoms with Crippen molar-refractivity contribution >= 4 is 22.0 Å². The molecule has 2 fully saturated rings. The number of alkyl halides is 3. The third-order valence-corrected chi connectivity index (χ3v) is 7.16. The molecule has 0 aliphatic carbocycles. The summed E-state index contributed by atoms with van der Waals surface area (Å²) in [6, 6.07) is 3.35. The van der Waals surface area contributed by atoms with Crippen molar-refractivity contribution in [2.75, 3.05) is 32.5 Å². The minimum Gasteiger partial charge on any atom is -0.493 e. The van der Waals surface area contributed by atoms with E-state index in [1.165, 1.54) is 11.0 Å². The maximum atomic E-state index is 13.3. The highest BCUT2D eigenvalue weighted by atomic mass is 32.2. The van der Waals surface area contributed by atoms with Crippen LogP contribution < -0.4 is 9.46 Å². The molecule has 196 valence electrons. The van der Waals surface area contributed by atoms with Crippen LogP contribution in [0.4, 0.5) is 18.0 Å². The van der Waals surface area contributed by atoms with E-state index in [9.17, 15) is 36.3 Å². The van der Waals surface area contributed by atoms with Crippen LogP contribution in [0.1, 0.15) is 49.7 Å². The van der Waals surface area contributed by atoms with Gasteiger partial charge in [-0.05, 0) is 50.8 Å². The molecule has 2 saturated heterocycles. The van der Waals surface area contributed by atoms with Crippen LogP contribution in [0.15, 0.2) is 18.2 Å². The Kier molecular flexibility index (Phi) is 8.20. The van der Waals surface area contributed by atoms with E-state index in [2.05, 4.69) is 4.90 Å². The molecule has 1 aromatic carbocycles. The van der Waals surface area contributed by atoms with Crippen LogP contribution in [0, 0.1) is 0 Å². The number of nitrogens with one attached hydrogen (secondary N) is 1. The van der Waals surface area contributed by atoms with Gasteiger partial charge in [-0.25, -0.2) is 13.2 Å². The van der Waals surface area contributed by atoms with Crippen molar-refractivity contribution in [3.8, 4) is 5.75 Å². The molecule has 2 N–H and O–H groups in total. The Hall–Kier alpha value is -2.54. The number of carboxylic acid groups (broad SMARTS) is 1. The number of hydrogen-bond acceptors (Lipinski definition) is 6. The molecule has 1 aromatic rings. The summed E-state index contributed by atoms with van der Waals surface area (Å²) in [4.78, 5) is 26.5. The van der Waals surface area contributed by atoms with Crippen LogP contribution in [0.2, 0.25) is 0 Å². The van der Waals surface area contributed by atoms with Crippen LogP contribution in [-0.2, 0) is 27.5 Å². The van der Waals surface area contributed by atoms with Crippen LogP contribution in [0.3, 0.4) is 0 Å². The van der Waals surface area contributed by atoms with E-state index in [-0.39, 0.29) is 30.7 Å². The van der Waals surface area contributed by atoms with Gasteiger partial charge in [0.15, 0.2) is 0 Å². The smallest absolute Gasteiger partial charge is 0.416 e. The maximum Gasteiger partial charge on any atom is 0.416 e. The average molecular weight is 522 g/mol. The minimum atomic E-state index is -4.55. The Bertz CT molecular complexity index is 1040. The Labute approximate surface area is 202 Å². The van der Waals surface area contributed by atoms with Gasteiger partial charge in [-0.3, -0.25) is 14.4 Å². The average Bonchev–Trinajstić information content (AvgIpc) is 3.12. The predicted octanol–water partition coefficient (Wildman–Crippen LogP) is 3.05. The van der Waals surface area contributed by atoms with Gasteiger partial charge < -0.3 is 14.7 Å². The molecule has 1 spiro atoms.